The van der Waals surface area contributed by atoms with Crippen molar-refractivity contribution in [2.24, 2.45) is 5.41 Å². The van der Waals surface area contributed by atoms with Gasteiger partial charge in [-0.2, -0.15) is 5.26 Å². The highest BCUT2D eigenvalue weighted by molar-refractivity contribution is 9.11. The van der Waals surface area contributed by atoms with Crippen LogP contribution in [0.5, 0.6) is 0 Å². The summed E-state index contributed by atoms with van der Waals surface area (Å²) in [5.74, 6) is -0.0717. The Morgan fingerprint density at radius 3 is 2.60 bits per heavy atom. The molecule has 1 saturated carbocycles. The lowest BCUT2D eigenvalue weighted by Crippen LogP contribution is -2.40. The van der Waals surface area contributed by atoms with Crippen LogP contribution in [-0.2, 0) is 11.2 Å². The summed E-state index contributed by atoms with van der Waals surface area (Å²) in [4.78, 5) is 13.6. The second kappa shape index (κ2) is 7.24. The molecule has 1 aliphatic carbocycles. The van der Waals surface area contributed by atoms with Crippen LogP contribution in [0.3, 0.4) is 0 Å². The second-order valence-corrected chi connectivity index (χ2v) is 7.87. The van der Waals surface area contributed by atoms with Crippen LogP contribution in [0.1, 0.15) is 43.4 Å². The molecular weight excluding hydrogens is 336 g/mol. The van der Waals surface area contributed by atoms with E-state index in [-0.39, 0.29) is 5.91 Å². The number of carbonyl (C=O) groups excluding carboxylic acids is 1. The van der Waals surface area contributed by atoms with Gasteiger partial charge in [-0.1, -0.05) is 25.7 Å². The van der Waals surface area contributed by atoms with E-state index in [1.807, 2.05) is 6.07 Å². The average Bonchev–Trinajstić information content (AvgIpc) is 2.73. The molecule has 1 heterocycles. The fourth-order valence-corrected chi connectivity index (χ4v) is 4.16. The van der Waals surface area contributed by atoms with E-state index >= 15 is 0 Å². The van der Waals surface area contributed by atoms with Gasteiger partial charge in [0.15, 0.2) is 0 Å². The van der Waals surface area contributed by atoms with Crippen LogP contribution < -0.4 is 5.32 Å². The van der Waals surface area contributed by atoms with Crippen molar-refractivity contribution in [2.75, 3.05) is 6.54 Å². The van der Waals surface area contributed by atoms with E-state index in [0.29, 0.717) is 19.4 Å². The van der Waals surface area contributed by atoms with Crippen molar-refractivity contribution in [3.8, 4) is 6.07 Å². The van der Waals surface area contributed by atoms with Crippen LogP contribution in [0.4, 0.5) is 0 Å². The standard InChI is InChI=1S/C15H19BrN2OS/c16-13-6-5-12(20-13)7-10-18-14(19)15(11-17)8-3-1-2-4-9-15/h5-6H,1-4,7-10H2,(H,18,19). The number of halogens is 1. The van der Waals surface area contributed by atoms with Crippen LogP contribution in [-0.4, -0.2) is 12.5 Å². The van der Waals surface area contributed by atoms with Gasteiger partial charge in [-0.25, -0.2) is 0 Å². The van der Waals surface area contributed by atoms with E-state index in [0.717, 1.165) is 35.9 Å². The summed E-state index contributed by atoms with van der Waals surface area (Å²) in [5, 5.41) is 12.4. The van der Waals surface area contributed by atoms with Gasteiger partial charge in [0.25, 0.3) is 0 Å². The summed E-state index contributed by atoms with van der Waals surface area (Å²) in [6.07, 6.45) is 6.49. The lowest BCUT2D eigenvalue weighted by molar-refractivity contribution is -0.128. The van der Waals surface area contributed by atoms with Crippen LogP contribution in [0.25, 0.3) is 0 Å². The van der Waals surface area contributed by atoms with E-state index in [1.54, 1.807) is 11.3 Å². The molecule has 2 rings (SSSR count). The van der Waals surface area contributed by atoms with Crippen LogP contribution in [0, 0.1) is 16.7 Å². The molecule has 0 radical (unpaired) electrons. The Bertz CT molecular complexity index is 498. The van der Waals surface area contributed by atoms with Crippen LogP contribution >= 0.6 is 27.3 Å². The number of nitriles is 1. The van der Waals surface area contributed by atoms with Gasteiger partial charge in [0.05, 0.1) is 9.86 Å². The van der Waals surface area contributed by atoms with Gasteiger partial charge in [-0.15, -0.1) is 11.3 Å². The Labute approximate surface area is 132 Å². The first kappa shape index (κ1) is 15.5. The zero-order valence-electron chi connectivity index (χ0n) is 11.5. The Morgan fingerprint density at radius 2 is 2.05 bits per heavy atom. The maximum Gasteiger partial charge on any atom is 0.240 e. The maximum atomic E-state index is 12.4. The molecule has 1 aromatic heterocycles. The number of thiophene rings is 1. The Kier molecular flexibility index (Phi) is 5.62. The number of amides is 1. The smallest absolute Gasteiger partial charge is 0.240 e. The molecule has 0 spiro atoms. The van der Waals surface area contributed by atoms with E-state index in [1.165, 1.54) is 4.88 Å². The zero-order chi connectivity index (χ0) is 14.4. The number of hydrogen-bond acceptors (Lipinski definition) is 3. The summed E-state index contributed by atoms with van der Waals surface area (Å²) in [5.41, 5.74) is -0.785. The molecule has 0 unspecified atom stereocenters. The maximum absolute atomic E-state index is 12.4. The zero-order valence-corrected chi connectivity index (χ0v) is 13.9. The van der Waals surface area contributed by atoms with Crippen LogP contribution in [0.15, 0.2) is 15.9 Å². The number of hydrogen-bond donors (Lipinski definition) is 1. The van der Waals surface area contributed by atoms with Gasteiger partial charge in [0, 0.05) is 11.4 Å². The number of nitrogens with zero attached hydrogens (tertiary/aromatic N) is 1. The average molecular weight is 355 g/mol. The van der Waals surface area contributed by atoms with Gasteiger partial charge in [-0.05, 0) is 47.3 Å². The first-order valence-electron chi connectivity index (χ1n) is 7.10. The third-order valence-electron chi connectivity index (χ3n) is 3.89. The molecule has 1 aromatic rings. The van der Waals surface area contributed by atoms with Gasteiger partial charge in [0.1, 0.15) is 5.41 Å². The molecule has 20 heavy (non-hydrogen) atoms. The van der Waals surface area contributed by atoms with Crippen molar-refractivity contribution in [1.82, 2.24) is 5.32 Å². The predicted octanol–water partition coefficient (Wildman–Crippen LogP) is 4.03. The molecule has 1 aliphatic rings. The summed E-state index contributed by atoms with van der Waals surface area (Å²) in [6, 6.07) is 6.37. The van der Waals surface area contributed by atoms with Crippen molar-refractivity contribution >= 4 is 33.2 Å². The molecule has 1 N–H and O–H groups in total. The SMILES string of the molecule is N#CC1(C(=O)NCCc2ccc(Br)s2)CCCCCC1. The fourth-order valence-electron chi connectivity index (χ4n) is 2.68. The molecular formula is C15H19BrN2OS. The summed E-state index contributed by atoms with van der Waals surface area (Å²) in [6.45, 7) is 0.606. The molecule has 0 atom stereocenters. The molecule has 0 bridgehead atoms. The second-order valence-electron chi connectivity index (χ2n) is 5.32. The van der Waals surface area contributed by atoms with E-state index < -0.39 is 5.41 Å². The fraction of sp³-hybridized carbons (Fsp3) is 0.600. The first-order valence-corrected chi connectivity index (χ1v) is 8.71. The van der Waals surface area contributed by atoms with Gasteiger partial charge in [0.2, 0.25) is 5.91 Å². The highest BCUT2D eigenvalue weighted by Gasteiger charge is 2.38. The Balaban J connectivity index is 1.87. The lowest BCUT2D eigenvalue weighted by atomic mass is 9.81. The molecule has 1 amide bonds. The molecule has 0 saturated heterocycles. The van der Waals surface area contributed by atoms with Crippen molar-refractivity contribution < 1.29 is 4.79 Å². The minimum atomic E-state index is -0.785. The van der Waals surface area contributed by atoms with Gasteiger partial charge < -0.3 is 5.32 Å². The summed E-state index contributed by atoms with van der Waals surface area (Å²) < 4.78 is 1.11. The van der Waals surface area contributed by atoms with Crippen molar-refractivity contribution in [2.45, 2.75) is 44.9 Å². The highest BCUT2D eigenvalue weighted by Crippen LogP contribution is 2.34. The molecule has 1 fully saturated rings. The predicted molar refractivity (Wildman–Crippen MR) is 84.5 cm³/mol. The number of nitrogens with one attached hydrogen (secondary N) is 1. The molecule has 5 heteroatoms. The highest BCUT2D eigenvalue weighted by atomic mass is 79.9. The third kappa shape index (κ3) is 3.83. The normalized spacial score (nSPS) is 18.0. The molecule has 0 aliphatic heterocycles. The summed E-state index contributed by atoms with van der Waals surface area (Å²) in [7, 11) is 0. The monoisotopic (exact) mass is 354 g/mol. The summed E-state index contributed by atoms with van der Waals surface area (Å²) >= 11 is 5.12. The molecule has 3 nitrogen and oxygen atoms in total. The Morgan fingerprint density at radius 1 is 1.35 bits per heavy atom. The van der Waals surface area contributed by atoms with Crippen LogP contribution in [0.2, 0.25) is 0 Å². The minimum Gasteiger partial charge on any atom is -0.354 e. The van der Waals surface area contributed by atoms with E-state index in [2.05, 4.69) is 33.4 Å². The van der Waals surface area contributed by atoms with E-state index in [4.69, 9.17) is 0 Å². The number of carbonyl (C=O) groups is 1. The minimum absolute atomic E-state index is 0.0717. The lowest BCUT2D eigenvalue weighted by Gasteiger charge is -2.23. The Hall–Kier alpha value is -0.860. The van der Waals surface area contributed by atoms with Crippen molar-refractivity contribution in [1.29, 1.82) is 5.26 Å². The van der Waals surface area contributed by atoms with Gasteiger partial charge >= 0.3 is 0 Å². The number of rotatable bonds is 4. The third-order valence-corrected chi connectivity index (χ3v) is 5.58. The van der Waals surface area contributed by atoms with Crippen molar-refractivity contribution in [3.63, 3.8) is 0 Å². The quantitative estimate of drug-likeness (QED) is 0.829. The topological polar surface area (TPSA) is 52.9 Å². The molecule has 108 valence electrons. The van der Waals surface area contributed by atoms with Crippen molar-refractivity contribution in [3.05, 3.63) is 20.8 Å². The largest absolute Gasteiger partial charge is 0.354 e. The first-order chi connectivity index (χ1) is 9.66. The molecule has 0 aromatic carbocycles. The van der Waals surface area contributed by atoms with E-state index in [9.17, 15) is 10.1 Å². The van der Waals surface area contributed by atoms with Gasteiger partial charge in [-0.3, -0.25) is 4.79 Å².